The second kappa shape index (κ2) is 8.12. The van der Waals surface area contributed by atoms with Gasteiger partial charge in [-0.2, -0.15) is 13.2 Å². The Morgan fingerprint density at radius 1 is 1.40 bits per heavy atom. The number of terminal acetylenes is 1. The molecule has 1 aliphatic rings. The van der Waals surface area contributed by atoms with E-state index >= 15 is 0 Å². The molecule has 2 N–H and O–H groups in total. The second-order valence-electron chi connectivity index (χ2n) is 4.79. The normalized spacial score (nSPS) is 23.1. The van der Waals surface area contributed by atoms with Crippen molar-refractivity contribution in [1.29, 1.82) is 0 Å². The summed E-state index contributed by atoms with van der Waals surface area (Å²) in [6.45, 7) is -0.827. The third-order valence-corrected chi connectivity index (χ3v) is 2.99. The molecule has 0 aromatic carbocycles. The molecule has 0 heterocycles. The van der Waals surface area contributed by atoms with Crippen molar-refractivity contribution >= 4 is 5.91 Å². The summed E-state index contributed by atoms with van der Waals surface area (Å²) >= 11 is 0. The van der Waals surface area contributed by atoms with Gasteiger partial charge in [-0.1, -0.05) is 5.92 Å². The Kier molecular flexibility index (Phi) is 6.82. The SMILES string of the molecule is C#CCNCC(=O)NC1CCCC(OCC(F)(F)F)C1. The molecule has 0 aliphatic heterocycles. The van der Waals surface area contributed by atoms with Crippen molar-refractivity contribution < 1.29 is 22.7 Å². The predicted octanol–water partition coefficient (Wildman–Crippen LogP) is 1.22. The predicted molar refractivity (Wildman–Crippen MR) is 67.9 cm³/mol. The standard InChI is InChI=1S/C13H19F3N2O2/c1-2-6-17-8-12(19)18-10-4-3-5-11(7-10)20-9-13(14,15)16/h1,10-11,17H,3-9H2,(H,18,19). The third kappa shape index (κ3) is 7.36. The van der Waals surface area contributed by atoms with Crippen molar-refractivity contribution in [3.05, 3.63) is 0 Å². The Morgan fingerprint density at radius 3 is 2.80 bits per heavy atom. The van der Waals surface area contributed by atoms with E-state index in [-0.39, 0.29) is 18.5 Å². The molecule has 1 aliphatic carbocycles. The van der Waals surface area contributed by atoms with E-state index in [1.54, 1.807) is 0 Å². The highest BCUT2D eigenvalue weighted by atomic mass is 19.4. The van der Waals surface area contributed by atoms with Crippen LogP contribution in [0.25, 0.3) is 0 Å². The number of amides is 1. The van der Waals surface area contributed by atoms with Gasteiger partial charge in [-0.3, -0.25) is 10.1 Å². The number of rotatable bonds is 6. The molecule has 7 heteroatoms. The lowest BCUT2D eigenvalue weighted by atomic mass is 9.93. The number of hydrogen-bond donors (Lipinski definition) is 2. The van der Waals surface area contributed by atoms with Crippen LogP contribution in [0.5, 0.6) is 0 Å². The van der Waals surface area contributed by atoms with E-state index in [9.17, 15) is 18.0 Å². The molecule has 1 amide bonds. The molecule has 0 aromatic rings. The molecule has 4 nitrogen and oxygen atoms in total. The number of carbonyl (C=O) groups excluding carboxylic acids is 1. The van der Waals surface area contributed by atoms with E-state index in [1.165, 1.54) is 0 Å². The minimum absolute atomic E-state index is 0.106. The zero-order valence-corrected chi connectivity index (χ0v) is 11.1. The van der Waals surface area contributed by atoms with E-state index in [2.05, 4.69) is 16.6 Å². The van der Waals surface area contributed by atoms with Crippen LogP contribution < -0.4 is 10.6 Å². The fourth-order valence-electron chi connectivity index (χ4n) is 2.17. The fraction of sp³-hybridized carbons (Fsp3) is 0.769. The zero-order valence-electron chi connectivity index (χ0n) is 11.1. The van der Waals surface area contributed by atoms with Crippen molar-refractivity contribution in [1.82, 2.24) is 10.6 Å². The van der Waals surface area contributed by atoms with Gasteiger partial charge < -0.3 is 10.1 Å². The number of nitrogens with one attached hydrogen (secondary N) is 2. The Balaban J connectivity index is 2.26. The molecule has 1 fully saturated rings. The first-order valence-corrected chi connectivity index (χ1v) is 6.52. The summed E-state index contributed by atoms with van der Waals surface area (Å²) in [4.78, 5) is 11.5. The molecule has 0 aromatic heterocycles. The Morgan fingerprint density at radius 2 is 2.15 bits per heavy atom. The van der Waals surface area contributed by atoms with E-state index < -0.39 is 18.9 Å². The van der Waals surface area contributed by atoms with Crippen LogP contribution >= 0.6 is 0 Å². The topological polar surface area (TPSA) is 50.4 Å². The van der Waals surface area contributed by atoms with E-state index in [4.69, 9.17) is 11.2 Å². The molecule has 114 valence electrons. The van der Waals surface area contributed by atoms with Crippen LogP contribution in [0.3, 0.4) is 0 Å². The molecule has 20 heavy (non-hydrogen) atoms. The highest BCUT2D eigenvalue weighted by molar-refractivity contribution is 5.78. The van der Waals surface area contributed by atoms with Crippen molar-refractivity contribution in [3.8, 4) is 12.3 Å². The number of hydrogen-bond acceptors (Lipinski definition) is 3. The summed E-state index contributed by atoms with van der Waals surface area (Å²) in [5, 5.41) is 5.53. The van der Waals surface area contributed by atoms with E-state index in [0.717, 1.165) is 12.8 Å². The molecule has 0 saturated heterocycles. The summed E-state index contributed by atoms with van der Waals surface area (Å²) < 4.78 is 41.1. The van der Waals surface area contributed by atoms with Crippen molar-refractivity contribution in [2.75, 3.05) is 19.7 Å². The molecule has 1 rings (SSSR count). The minimum atomic E-state index is -4.31. The summed E-state index contributed by atoms with van der Waals surface area (Å²) in [5.74, 6) is 2.14. The molecule has 0 bridgehead atoms. The fourth-order valence-corrected chi connectivity index (χ4v) is 2.17. The maximum Gasteiger partial charge on any atom is 0.411 e. The van der Waals surface area contributed by atoms with Gasteiger partial charge in [0.2, 0.25) is 5.91 Å². The Hall–Kier alpha value is -1.26. The molecule has 1 saturated carbocycles. The Labute approximate surface area is 116 Å². The summed E-state index contributed by atoms with van der Waals surface area (Å²) in [5.41, 5.74) is 0. The van der Waals surface area contributed by atoms with Gasteiger partial charge in [0.05, 0.1) is 19.2 Å². The largest absolute Gasteiger partial charge is 0.411 e. The summed E-state index contributed by atoms with van der Waals surface area (Å²) in [7, 11) is 0. The second-order valence-corrected chi connectivity index (χ2v) is 4.79. The van der Waals surface area contributed by atoms with Crippen molar-refractivity contribution in [2.24, 2.45) is 0 Å². The highest BCUT2D eigenvalue weighted by Gasteiger charge is 2.31. The average Bonchev–Trinajstić information content (AvgIpc) is 2.36. The molecule has 2 unspecified atom stereocenters. The van der Waals surface area contributed by atoms with Crippen LogP contribution in [0, 0.1) is 12.3 Å². The molecule has 0 spiro atoms. The van der Waals surface area contributed by atoms with Gasteiger partial charge in [-0.15, -0.1) is 6.42 Å². The number of halogens is 3. The number of alkyl halides is 3. The molecule has 2 atom stereocenters. The van der Waals surface area contributed by atoms with Crippen LogP contribution in [0.4, 0.5) is 13.2 Å². The lowest BCUT2D eigenvalue weighted by molar-refractivity contribution is -0.188. The molecular weight excluding hydrogens is 273 g/mol. The van der Waals surface area contributed by atoms with Gasteiger partial charge in [-0.25, -0.2) is 0 Å². The van der Waals surface area contributed by atoms with Gasteiger partial charge in [-0.05, 0) is 25.7 Å². The molecular formula is C13H19F3N2O2. The minimum Gasteiger partial charge on any atom is -0.369 e. The van der Waals surface area contributed by atoms with Gasteiger partial charge in [0.15, 0.2) is 0 Å². The first kappa shape index (κ1) is 16.8. The van der Waals surface area contributed by atoms with Gasteiger partial charge in [0.1, 0.15) is 6.61 Å². The van der Waals surface area contributed by atoms with Crippen molar-refractivity contribution in [3.63, 3.8) is 0 Å². The maximum absolute atomic E-state index is 12.1. The monoisotopic (exact) mass is 292 g/mol. The lowest BCUT2D eigenvalue weighted by Gasteiger charge is -2.30. The number of ether oxygens (including phenoxy) is 1. The zero-order chi connectivity index (χ0) is 15.0. The van der Waals surface area contributed by atoms with Gasteiger partial charge in [0, 0.05) is 6.04 Å². The van der Waals surface area contributed by atoms with Crippen LogP contribution in [-0.2, 0) is 9.53 Å². The third-order valence-electron chi connectivity index (χ3n) is 2.99. The first-order valence-electron chi connectivity index (χ1n) is 6.52. The highest BCUT2D eigenvalue weighted by Crippen LogP contribution is 2.24. The quantitative estimate of drug-likeness (QED) is 0.571. The summed E-state index contributed by atoms with van der Waals surface area (Å²) in [6, 6.07) is -0.137. The number of carbonyl (C=O) groups is 1. The first-order chi connectivity index (χ1) is 9.40. The Bertz CT molecular complexity index is 353. The van der Waals surface area contributed by atoms with Crippen LogP contribution in [0.15, 0.2) is 0 Å². The van der Waals surface area contributed by atoms with Crippen molar-refractivity contribution in [2.45, 2.75) is 44.0 Å². The summed E-state index contributed by atoms with van der Waals surface area (Å²) in [6.07, 6.45) is 2.78. The van der Waals surface area contributed by atoms with Crippen LogP contribution in [-0.4, -0.2) is 43.9 Å². The van der Waals surface area contributed by atoms with E-state index in [0.29, 0.717) is 19.4 Å². The average molecular weight is 292 g/mol. The maximum atomic E-state index is 12.1. The van der Waals surface area contributed by atoms with Gasteiger partial charge >= 0.3 is 6.18 Å². The van der Waals surface area contributed by atoms with Gasteiger partial charge in [0.25, 0.3) is 0 Å². The molecule has 0 radical (unpaired) electrons. The lowest BCUT2D eigenvalue weighted by Crippen LogP contribution is -2.44. The van der Waals surface area contributed by atoms with Crippen LogP contribution in [0.1, 0.15) is 25.7 Å². The smallest absolute Gasteiger partial charge is 0.369 e. The van der Waals surface area contributed by atoms with E-state index in [1.807, 2.05) is 0 Å². The van der Waals surface area contributed by atoms with Crippen LogP contribution in [0.2, 0.25) is 0 Å².